The first-order chi connectivity index (χ1) is 12.7. The molecule has 6 heteroatoms. The minimum atomic E-state index is 0.515. The third-order valence-corrected chi connectivity index (χ3v) is 5.65. The van der Waals surface area contributed by atoms with E-state index in [1.807, 2.05) is 6.07 Å². The predicted molar refractivity (Wildman–Crippen MR) is 109 cm³/mol. The molecule has 0 radical (unpaired) electrons. The van der Waals surface area contributed by atoms with E-state index >= 15 is 0 Å². The van der Waals surface area contributed by atoms with Crippen LogP contribution in [0, 0.1) is 0 Å². The number of nitrogens with two attached hydrogens (primary N) is 2. The van der Waals surface area contributed by atoms with Gasteiger partial charge in [-0.25, -0.2) is 9.97 Å². The van der Waals surface area contributed by atoms with Crippen LogP contribution in [0.3, 0.4) is 0 Å². The van der Waals surface area contributed by atoms with Crippen LogP contribution in [0.2, 0.25) is 0 Å². The van der Waals surface area contributed by atoms with Crippen molar-refractivity contribution in [2.75, 3.05) is 5.73 Å². The van der Waals surface area contributed by atoms with Crippen LogP contribution in [0.5, 0.6) is 0 Å². The van der Waals surface area contributed by atoms with E-state index in [2.05, 4.69) is 46.1 Å². The standard InChI is InChI=1S/C20H23N5S/c1-2-3-4-16-24-17-18(19-15(9-10-26-19)23-20(17)22)25(16)12-14-7-5-13(11-21)6-8-14/h5-10H,2-4,11-12,21H2,1H3,(H2,22,23). The van der Waals surface area contributed by atoms with Crippen molar-refractivity contribution in [2.45, 2.75) is 39.3 Å². The molecule has 0 aliphatic carbocycles. The van der Waals surface area contributed by atoms with Crippen molar-refractivity contribution in [3.05, 3.63) is 52.7 Å². The average Bonchev–Trinajstić information content (AvgIpc) is 3.25. The summed E-state index contributed by atoms with van der Waals surface area (Å²) in [5, 5.41) is 2.07. The van der Waals surface area contributed by atoms with E-state index in [0.29, 0.717) is 12.4 Å². The molecule has 0 fully saturated rings. The van der Waals surface area contributed by atoms with Crippen molar-refractivity contribution < 1.29 is 0 Å². The van der Waals surface area contributed by atoms with Crippen LogP contribution in [0.1, 0.15) is 36.7 Å². The maximum Gasteiger partial charge on any atom is 0.152 e. The fourth-order valence-corrected chi connectivity index (χ4v) is 4.20. The van der Waals surface area contributed by atoms with Gasteiger partial charge in [0.1, 0.15) is 11.3 Å². The molecule has 0 saturated carbocycles. The van der Waals surface area contributed by atoms with E-state index in [-0.39, 0.29) is 0 Å². The van der Waals surface area contributed by atoms with Crippen LogP contribution in [-0.4, -0.2) is 14.5 Å². The molecular weight excluding hydrogens is 342 g/mol. The van der Waals surface area contributed by atoms with Crippen molar-refractivity contribution in [3.8, 4) is 0 Å². The number of aromatic nitrogens is 3. The van der Waals surface area contributed by atoms with Crippen LogP contribution in [0.25, 0.3) is 21.3 Å². The lowest BCUT2D eigenvalue weighted by atomic mass is 10.1. The molecule has 134 valence electrons. The number of fused-ring (bicyclic) bond motifs is 3. The molecule has 0 spiro atoms. The van der Waals surface area contributed by atoms with Crippen LogP contribution in [0.15, 0.2) is 35.7 Å². The monoisotopic (exact) mass is 365 g/mol. The number of nitrogens with zero attached hydrogens (tertiary/aromatic N) is 3. The number of pyridine rings is 1. The maximum atomic E-state index is 6.23. The molecule has 1 aromatic carbocycles. The van der Waals surface area contributed by atoms with E-state index in [9.17, 15) is 0 Å². The Morgan fingerprint density at radius 3 is 2.58 bits per heavy atom. The zero-order valence-corrected chi connectivity index (χ0v) is 15.7. The summed E-state index contributed by atoms with van der Waals surface area (Å²) >= 11 is 1.70. The van der Waals surface area contributed by atoms with Gasteiger partial charge < -0.3 is 16.0 Å². The second-order valence-electron chi connectivity index (χ2n) is 6.57. The van der Waals surface area contributed by atoms with Gasteiger partial charge in [-0.15, -0.1) is 11.3 Å². The first kappa shape index (κ1) is 17.0. The van der Waals surface area contributed by atoms with Gasteiger partial charge >= 0.3 is 0 Å². The molecule has 0 aliphatic heterocycles. The molecular formula is C20H23N5S. The number of aryl methyl sites for hydroxylation is 1. The van der Waals surface area contributed by atoms with Gasteiger partial charge in [0.2, 0.25) is 0 Å². The van der Waals surface area contributed by atoms with E-state index in [1.54, 1.807) is 11.3 Å². The number of rotatable bonds is 6. The minimum Gasteiger partial charge on any atom is -0.382 e. The maximum absolute atomic E-state index is 6.23. The van der Waals surface area contributed by atoms with E-state index in [0.717, 1.165) is 58.4 Å². The Morgan fingerprint density at radius 2 is 1.85 bits per heavy atom. The Balaban J connectivity index is 1.88. The molecule has 0 unspecified atom stereocenters. The molecule has 3 aromatic heterocycles. The lowest BCUT2D eigenvalue weighted by molar-refractivity contribution is 0.690. The highest BCUT2D eigenvalue weighted by Crippen LogP contribution is 2.33. The highest BCUT2D eigenvalue weighted by atomic mass is 32.1. The van der Waals surface area contributed by atoms with Gasteiger partial charge in [0.15, 0.2) is 5.82 Å². The van der Waals surface area contributed by atoms with Gasteiger partial charge in [0, 0.05) is 19.5 Å². The van der Waals surface area contributed by atoms with Crippen LogP contribution in [-0.2, 0) is 19.5 Å². The Bertz CT molecular complexity index is 1050. The summed E-state index contributed by atoms with van der Waals surface area (Å²) < 4.78 is 3.47. The normalized spacial score (nSPS) is 11.6. The van der Waals surface area contributed by atoms with E-state index < -0.39 is 0 Å². The highest BCUT2D eigenvalue weighted by molar-refractivity contribution is 7.18. The zero-order chi connectivity index (χ0) is 18.1. The SMILES string of the molecule is CCCCc1nc2c(N)nc3ccsc3c2n1Cc1ccc(CN)cc1. The Morgan fingerprint density at radius 1 is 1.08 bits per heavy atom. The third-order valence-electron chi connectivity index (χ3n) is 4.74. The summed E-state index contributed by atoms with van der Waals surface area (Å²) in [5.74, 6) is 1.60. The first-order valence-electron chi connectivity index (χ1n) is 9.01. The summed E-state index contributed by atoms with van der Waals surface area (Å²) in [5.41, 5.74) is 17.2. The van der Waals surface area contributed by atoms with E-state index in [4.69, 9.17) is 16.5 Å². The van der Waals surface area contributed by atoms with Crippen molar-refractivity contribution in [1.82, 2.24) is 14.5 Å². The zero-order valence-electron chi connectivity index (χ0n) is 14.9. The van der Waals surface area contributed by atoms with Gasteiger partial charge in [-0.1, -0.05) is 37.6 Å². The molecule has 4 rings (SSSR count). The fourth-order valence-electron chi connectivity index (χ4n) is 3.32. The summed E-state index contributed by atoms with van der Waals surface area (Å²) in [7, 11) is 0. The number of benzene rings is 1. The van der Waals surface area contributed by atoms with Crippen molar-refractivity contribution in [3.63, 3.8) is 0 Å². The lowest BCUT2D eigenvalue weighted by Crippen LogP contribution is -2.06. The second-order valence-corrected chi connectivity index (χ2v) is 7.48. The molecule has 0 atom stereocenters. The van der Waals surface area contributed by atoms with Crippen molar-refractivity contribution in [1.29, 1.82) is 0 Å². The Kier molecular flexibility index (Phi) is 4.61. The number of thiophene rings is 1. The summed E-state index contributed by atoms with van der Waals surface area (Å²) in [6.07, 6.45) is 3.19. The van der Waals surface area contributed by atoms with Crippen molar-refractivity contribution >= 4 is 38.4 Å². The van der Waals surface area contributed by atoms with Crippen LogP contribution in [0.4, 0.5) is 5.82 Å². The van der Waals surface area contributed by atoms with Gasteiger partial charge in [-0.2, -0.15) is 0 Å². The summed E-state index contributed by atoms with van der Waals surface area (Å²) in [4.78, 5) is 9.40. The average molecular weight is 366 g/mol. The number of hydrogen-bond acceptors (Lipinski definition) is 5. The van der Waals surface area contributed by atoms with Gasteiger partial charge in [0.05, 0.1) is 15.7 Å². The van der Waals surface area contributed by atoms with E-state index in [1.165, 1.54) is 5.56 Å². The summed E-state index contributed by atoms with van der Waals surface area (Å²) in [6, 6.07) is 10.5. The number of hydrogen-bond donors (Lipinski definition) is 2. The molecule has 0 amide bonds. The predicted octanol–water partition coefficient (Wildman–Crippen LogP) is 4.08. The Hall–Kier alpha value is -2.44. The molecule has 0 saturated heterocycles. The van der Waals surface area contributed by atoms with Crippen LogP contribution >= 0.6 is 11.3 Å². The third kappa shape index (κ3) is 2.95. The number of nitrogen functional groups attached to an aromatic ring is 1. The molecule has 4 aromatic rings. The first-order valence-corrected chi connectivity index (χ1v) is 9.89. The fraction of sp³-hybridized carbons (Fsp3) is 0.300. The minimum absolute atomic E-state index is 0.515. The second kappa shape index (κ2) is 7.05. The topological polar surface area (TPSA) is 82.8 Å². The van der Waals surface area contributed by atoms with Gasteiger partial charge in [-0.3, -0.25) is 0 Å². The Labute approximate surface area is 156 Å². The smallest absolute Gasteiger partial charge is 0.152 e. The number of imidazole rings is 1. The van der Waals surface area contributed by atoms with Gasteiger partial charge in [-0.05, 0) is 29.0 Å². The van der Waals surface area contributed by atoms with Crippen LogP contribution < -0.4 is 11.5 Å². The largest absolute Gasteiger partial charge is 0.382 e. The van der Waals surface area contributed by atoms with Gasteiger partial charge in [0.25, 0.3) is 0 Å². The summed E-state index contributed by atoms with van der Waals surface area (Å²) in [6.45, 7) is 3.54. The van der Waals surface area contributed by atoms with Crippen molar-refractivity contribution in [2.24, 2.45) is 5.73 Å². The molecule has 3 heterocycles. The highest BCUT2D eigenvalue weighted by Gasteiger charge is 2.18. The molecule has 0 aliphatic rings. The number of anilines is 1. The molecule has 5 nitrogen and oxygen atoms in total. The molecule has 0 bridgehead atoms. The molecule has 26 heavy (non-hydrogen) atoms. The number of unbranched alkanes of at least 4 members (excludes halogenated alkanes) is 1. The molecule has 4 N–H and O–H groups in total. The lowest BCUT2D eigenvalue weighted by Gasteiger charge is -2.10. The quantitative estimate of drug-likeness (QED) is 0.539.